The maximum atomic E-state index is 11.1. The number of hydrogen-bond donors (Lipinski definition) is 2. The number of nitrogens with zero attached hydrogens (tertiary/aromatic N) is 1. The van der Waals surface area contributed by atoms with E-state index in [-0.39, 0.29) is 12.0 Å². The minimum atomic E-state index is -0.763. The molecule has 0 aromatic heterocycles. The van der Waals surface area contributed by atoms with Crippen molar-refractivity contribution in [3.8, 4) is 11.5 Å². The Morgan fingerprint density at radius 3 is 2.43 bits per heavy atom. The van der Waals surface area contributed by atoms with Gasteiger partial charge in [-0.2, -0.15) is 0 Å². The Morgan fingerprint density at radius 2 is 1.95 bits per heavy atom. The molecule has 0 aliphatic carbocycles. The summed E-state index contributed by atoms with van der Waals surface area (Å²) in [7, 11) is 7.12. The third kappa shape index (κ3) is 3.05. The van der Waals surface area contributed by atoms with Gasteiger partial charge in [-0.25, -0.2) is 0 Å². The van der Waals surface area contributed by atoms with Gasteiger partial charge in [-0.1, -0.05) is 0 Å². The second-order valence-electron chi connectivity index (χ2n) is 5.39. The van der Waals surface area contributed by atoms with E-state index in [9.17, 15) is 4.79 Å². The fourth-order valence-corrected chi connectivity index (χ4v) is 2.69. The number of carbonyl (C=O) groups is 1. The van der Waals surface area contributed by atoms with E-state index in [0.29, 0.717) is 13.0 Å². The number of ether oxygens (including phenoxy) is 2. The first-order valence-corrected chi connectivity index (χ1v) is 6.87. The minimum Gasteiger partial charge on any atom is -0.496 e. The number of hydrogen-bond acceptors (Lipinski definition) is 5. The molecule has 1 aromatic carbocycles. The van der Waals surface area contributed by atoms with Gasteiger partial charge in [-0.05, 0) is 12.5 Å². The molecular weight excluding hydrogens is 272 g/mol. The van der Waals surface area contributed by atoms with E-state index in [2.05, 4.69) is 5.32 Å². The summed E-state index contributed by atoms with van der Waals surface area (Å²) in [5, 5.41) is 12.4. The molecule has 116 valence electrons. The van der Waals surface area contributed by atoms with Crippen LogP contribution in [0.5, 0.6) is 11.5 Å². The summed E-state index contributed by atoms with van der Waals surface area (Å²) < 4.78 is 10.9. The highest BCUT2D eigenvalue weighted by Crippen LogP contribution is 2.40. The van der Waals surface area contributed by atoms with Crippen LogP contribution in [0.3, 0.4) is 0 Å². The normalized spacial score (nSPS) is 21.1. The van der Waals surface area contributed by atoms with E-state index < -0.39 is 5.97 Å². The first-order valence-electron chi connectivity index (χ1n) is 6.87. The van der Waals surface area contributed by atoms with Gasteiger partial charge in [0.05, 0.1) is 25.8 Å². The third-order valence-corrected chi connectivity index (χ3v) is 3.87. The Labute approximate surface area is 124 Å². The summed E-state index contributed by atoms with van der Waals surface area (Å²) in [4.78, 5) is 13.0. The SMILES string of the molecule is COc1cc(N(C)C)c(OC)cc1C1CC(C(=O)O)CN1. The van der Waals surface area contributed by atoms with Crippen molar-refractivity contribution in [3.63, 3.8) is 0 Å². The van der Waals surface area contributed by atoms with Gasteiger partial charge in [-0.3, -0.25) is 4.79 Å². The molecule has 2 N–H and O–H groups in total. The average molecular weight is 294 g/mol. The molecule has 21 heavy (non-hydrogen) atoms. The summed E-state index contributed by atoms with van der Waals surface area (Å²) in [6.45, 7) is 0.473. The number of nitrogens with one attached hydrogen (secondary N) is 1. The Bertz CT molecular complexity index is 531. The van der Waals surface area contributed by atoms with E-state index >= 15 is 0 Å². The lowest BCUT2D eigenvalue weighted by atomic mass is 9.98. The van der Waals surface area contributed by atoms with Crippen molar-refractivity contribution in [2.24, 2.45) is 5.92 Å². The molecule has 1 saturated heterocycles. The largest absolute Gasteiger partial charge is 0.496 e. The standard InChI is InChI=1S/C15H22N2O4/c1-17(2)12-7-13(20-3)10(6-14(12)21-4)11-5-9(8-16-11)15(18)19/h6-7,9,11,16H,5,8H2,1-4H3,(H,18,19). The Kier molecular flexibility index (Phi) is 4.57. The molecule has 0 saturated carbocycles. The van der Waals surface area contributed by atoms with Gasteiger partial charge in [0.25, 0.3) is 0 Å². The number of carboxylic acids is 1. The van der Waals surface area contributed by atoms with Crippen LogP contribution in [-0.4, -0.2) is 45.9 Å². The van der Waals surface area contributed by atoms with Gasteiger partial charge in [0.2, 0.25) is 0 Å². The summed E-state index contributed by atoms with van der Waals surface area (Å²) in [6, 6.07) is 3.81. The van der Waals surface area contributed by atoms with E-state index in [1.165, 1.54) is 0 Å². The van der Waals surface area contributed by atoms with Crippen LogP contribution in [0.4, 0.5) is 5.69 Å². The predicted octanol–water partition coefficient (Wildman–Crippen LogP) is 1.50. The van der Waals surface area contributed by atoms with Crippen LogP contribution in [0.15, 0.2) is 12.1 Å². The average Bonchev–Trinajstić information content (AvgIpc) is 2.95. The molecule has 1 heterocycles. The Balaban J connectivity index is 2.37. The molecule has 6 heteroatoms. The first kappa shape index (κ1) is 15.4. The van der Waals surface area contributed by atoms with Crippen molar-refractivity contribution in [2.75, 3.05) is 39.8 Å². The second kappa shape index (κ2) is 6.22. The summed E-state index contributed by atoms with van der Waals surface area (Å²) in [5.74, 6) is 0.361. The van der Waals surface area contributed by atoms with Crippen LogP contribution in [0.25, 0.3) is 0 Å². The number of aliphatic carboxylic acids is 1. The fraction of sp³-hybridized carbons (Fsp3) is 0.533. The molecule has 1 aliphatic rings. The van der Waals surface area contributed by atoms with E-state index in [1.807, 2.05) is 31.1 Å². The predicted molar refractivity (Wildman–Crippen MR) is 80.4 cm³/mol. The zero-order valence-corrected chi connectivity index (χ0v) is 12.8. The van der Waals surface area contributed by atoms with Crippen LogP contribution in [0, 0.1) is 5.92 Å². The zero-order valence-electron chi connectivity index (χ0n) is 12.8. The minimum absolute atomic E-state index is 0.0360. The van der Waals surface area contributed by atoms with E-state index in [1.54, 1.807) is 14.2 Å². The topological polar surface area (TPSA) is 71.0 Å². The van der Waals surface area contributed by atoms with Crippen LogP contribution >= 0.6 is 0 Å². The monoisotopic (exact) mass is 294 g/mol. The summed E-state index contributed by atoms with van der Waals surface area (Å²) >= 11 is 0. The van der Waals surface area contributed by atoms with Crippen molar-refractivity contribution < 1.29 is 19.4 Å². The lowest BCUT2D eigenvalue weighted by Crippen LogP contribution is -2.18. The Hall–Kier alpha value is -1.95. The highest BCUT2D eigenvalue weighted by Gasteiger charge is 2.32. The van der Waals surface area contributed by atoms with Crippen LogP contribution in [-0.2, 0) is 4.79 Å². The van der Waals surface area contributed by atoms with Gasteiger partial charge >= 0.3 is 5.97 Å². The van der Waals surface area contributed by atoms with Crippen molar-refractivity contribution in [1.29, 1.82) is 0 Å². The van der Waals surface area contributed by atoms with Crippen LogP contribution < -0.4 is 19.7 Å². The lowest BCUT2D eigenvalue weighted by molar-refractivity contribution is -0.141. The van der Waals surface area contributed by atoms with Gasteiger partial charge in [0.15, 0.2) is 0 Å². The Morgan fingerprint density at radius 1 is 1.29 bits per heavy atom. The smallest absolute Gasteiger partial charge is 0.307 e. The zero-order chi connectivity index (χ0) is 15.6. The molecule has 6 nitrogen and oxygen atoms in total. The van der Waals surface area contributed by atoms with Crippen molar-refractivity contribution in [1.82, 2.24) is 5.32 Å². The molecule has 2 rings (SSSR count). The highest BCUT2D eigenvalue weighted by molar-refractivity contribution is 5.71. The maximum Gasteiger partial charge on any atom is 0.307 e. The van der Waals surface area contributed by atoms with E-state index in [0.717, 1.165) is 22.7 Å². The number of methoxy groups -OCH3 is 2. The molecule has 0 spiro atoms. The number of rotatable bonds is 5. The first-order chi connectivity index (χ1) is 9.97. The molecule has 2 unspecified atom stereocenters. The van der Waals surface area contributed by atoms with Crippen LogP contribution in [0.2, 0.25) is 0 Å². The molecule has 1 aliphatic heterocycles. The quantitative estimate of drug-likeness (QED) is 0.857. The summed E-state index contributed by atoms with van der Waals surface area (Å²) in [6.07, 6.45) is 0.552. The molecule has 0 bridgehead atoms. The molecule has 1 fully saturated rings. The molecular formula is C15H22N2O4. The van der Waals surface area contributed by atoms with Crippen molar-refractivity contribution in [3.05, 3.63) is 17.7 Å². The van der Waals surface area contributed by atoms with E-state index in [4.69, 9.17) is 14.6 Å². The maximum absolute atomic E-state index is 11.1. The molecule has 2 atom stereocenters. The van der Waals surface area contributed by atoms with Gasteiger partial charge in [0.1, 0.15) is 11.5 Å². The van der Waals surface area contributed by atoms with Crippen molar-refractivity contribution in [2.45, 2.75) is 12.5 Å². The van der Waals surface area contributed by atoms with Gasteiger partial charge in [0, 0.05) is 38.3 Å². The number of benzene rings is 1. The number of carboxylic acid groups (broad SMARTS) is 1. The second-order valence-corrected chi connectivity index (χ2v) is 5.39. The fourth-order valence-electron chi connectivity index (χ4n) is 2.69. The number of anilines is 1. The lowest BCUT2D eigenvalue weighted by Gasteiger charge is -2.22. The van der Waals surface area contributed by atoms with Crippen LogP contribution in [0.1, 0.15) is 18.0 Å². The van der Waals surface area contributed by atoms with Gasteiger partial charge in [-0.15, -0.1) is 0 Å². The molecule has 0 radical (unpaired) electrons. The van der Waals surface area contributed by atoms with Crippen molar-refractivity contribution >= 4 is 11.7 Å². The third-order valence-electron chi connectivity index (χ3n) is 3.87. The summed E-state index contributed by atoms with van der Waals surface area (Å²) in [5.41, 5.74) is 1.86. The van der Waals surface area contributed by atoms with Gasteiger partial charge < -0.3 is 24.8 Å². The molecule has 0 amide bonds. The highest BCUT2D eigenvalue weighted by atomic mass is 16.5. The molecule has 1 aromatic rings.